The lowest BCUT2D eigenvalue weighted by atomic mass is 10.1. The first-order valence-corrected chi connectivity index (χ1v) is 6.65. The number of halogens is 1. The van der Waals surface area contributed by atoms with Crippen LogP contribution < -0.4 is 4.90 Å². The summed E-state index contributed by atoms with van der Waals surface area (Å²) in [5.74, 6) is 2.39. The van der Waals surface area contributed by atoms with Crippen molar-refractivity contribution in [1.29, 1.82) is 0 Å². The summed E-state index contributed by atoms with van der Waals surface area (Å²) in [4.78, 5) is 6.83. The molecule has 0 amide bonds. The lowest BCUT2D eigenvalue weighted by molar-refractivity contribution is 0.549. The Morgan fingerprint density at radius 2 is 1.69 bits per heavy atom. The molecule has 1 aromatic rings. The summed E-state index contributed by atoms with van der Waals surface area (Å²) in [6.45, 7) is 11.1. The molecular formula is C13H21BrN2. The standard InChI is InChI=1S/C13H21BrN2/c1-10(2)8-16(9-11(3)4)13-6-5-12(14)7-15-13/h5-7,10-11H,8-9H2,1-4H3. The number of anilines is 1. The third-order valence-corrected chi connectivity index (χ3v) is 2.68. The van der Waals surface area contributed by atoms with Crippen LogP contribution in [0.3, 0.4) is 0 Å². The zero-order chi connectivity index (χ0) is 12.1. The Morgan fingerprint density at radius 3 is 2.06 bits per heavy atom. The van der Waals surface area contributed by atoms with Crippen molar-refractivity contribution in [2.75, 3.05) is 18.0 Å². The van der Waals surface area contributed by atoms with Gasteiger partial charge in [-0.25, -0.2) is 4.98 Å². The van der Waals surface area contributed by atoms with E-state index in [4.69, 9.17) is 0 Å². The minimum atomic E-state index is 0.657. The van der Waals surface area contributed by atoms with Gasteiger partial charge in [0.05, 0.1) is 0 Å². The molecule has 0 fully saturated rings. The van der Waals surface area contributed by atoms with Crippen molar-refractivity contribution in [3.05, 3.63) is 22.8 Å². The Morgan fingerprint density at radius 1 is 1.12 bits per heavy atom. The average Bonchev–Trinajstić information content (AvgIpc) is 2.16. The van der Waals surface area contributed by atoms with E-state index in [1.165, 1.54) is 0 Å². The molecule has 0 saturated heterocycles. The van der Waals surface area contributed by atoms with Crippen molar-refractivity contribution in [1.82, 2.24) is 4.98 Å². The van der Waals surface area contributed by atoms with Gasteiger partial charge in [0.15, 0.2) is 0 Å². The third-order valence-electron chi connectivity index (χ3n) is 2.21. The molecule has 0 N–H and O–H groups in total. The Bertz CT molecular complexity index is 296. The second-order valence-corrected chi connectivity index (χ2v) is 5.94. The molecule has 0 bridgehead atoms. The number of nitrogens with zero attached hydrogens (tertiary/aromatic N) is 2. The predicted molar refractivity (Wildman–Crippen MR) is 73.8 cm³/mol. The van der Waals surface area contributed by atoms with Crippen LogP contribution in [-0.4, -0.2) is 18.1 Å². The van der Waals surface area contributed by atoms with E-state index in [2.05, 4.69) is 65.6 Å². The first-order chi connectivity index (χ1) is 7.49. The lowest BCUT2D eigenvalue weighted by Crippen LogP contribution is -2.31. The van der Waals surface area contributed by atoms with Gasteiger partial charge in [-0.2, -0.15) is 0 Å². The van der Waals surface area contributed by atoms with Crippen molar-refractivity contribution < 1.29 is 0 Å². The SMILES string of the molecule is CC(C)CN(CC(C)C)c1ccc(Br)cn1. The van der Waals surface area contributed by atoms with Gasteiger partial charge in [0.1, 0.15) is 5.82 Å². The molecular weight excluding hydrogens is 264 g/mol. The van der Waals surface area contributed by atoms with Crippen molar-refractivity contribution in [2.24, 2.45) is 11.8 Å². The summed E-state index contributed by atoms with van der Waals surface area (Å²) in [6.07, 6.45) is 1.86. The second-order valence-electron chi connectivity index (χ2n) is 5.03. The largest absolute Gasteiger partial charge is 0.356 e. The van der Waals surface area contributed by atoms with E-state index in [-0.39, 0.29) is 0 Å². The maximum absolute atomic E-state index is 4.46. The predicted octanol–water partition coefficient (Wildman–Crippen LogP) is 3.96. The molecule has 0 spiro atoms. The van der Waals surface area contributed by atoms with Gasteiger partial charge in [-0.05, 0) is 39.9 Å². The molecule has 16 heavy (non-hydrogen) atoms. The molecule has 0 aromatic carbocycles. The number of hydrogen-bond acceptors (Lipinski definition) is 2. The van der Waals surface area contributed by atoms with Crippen LogP contribution in [0.5, 0.6) is 0 Å². The maximum Gasteiger partial charge on any atom is 0.128 e. The smallest absolute Gasteiger partial charge is 0.128 e. The van der Waals surface area contributed by atoms with Crippen LogP contribution in [0, 0.1) is 11.8 Å². The summed E-state index contributed by atoms with van der Waals surface area (Å²) in [5, 5.41) is 0. The third kappa shape index (κ3) is 4.52. The van der Waals surface area contributed by atoms with Gasteiger partial charge in [0, 0.05) is 23.8 Å². The fraction of sp³-hybridized carbons (Fsp3) is 0.615. The number of rotatable bonds is 5. The minimum absolute atomic E-state index is 0.657. The first kappa shape index (κ1) is 13.5. The van der Waals surface area contributed by atoms with Gasteiger partial charge in [0.2, 0.25) is 0 Å². The van der Waals surface area contributed by atoms with E-state index in [0.29, 0.717) is 11.8 Å². The van der Waals surface area contributed by atoms with Gasteiger partial charge < -0.3 is 4.90 Å². The van der Waals surface area contributed by atoms with E-state index in [0.717, 1.165) is 23.4 Å². The summed E-state index contributed by atoms with van der Waals surface area (Å²) in [6, 6.07) is 4.13. The zero-order valence-electron chi connectivity index (χ0n) is 10.6. The number of pyridine rings is 1. The molecule has 0 atom stereocenters. The van der Waals surface area contributed by atoms with Gasteiger partial charge in [-0.1, -0.05) is 27.7 Å². The summed E-state index contributed by atoms with van der Waals surface area (Å²) in [7, 11) is 0. The molecule has 1 aromatic heterocycles. The molecule has 0 aliphatic heterocycles. The summed E-state index contributed by atoms with van der Waals surface area (Å²) >= 11 is 3.42. The Hall–Kier alpha value is -0.570. The van der Waals surface area contributed by atoms with Crippen LogP contribution in [0.4, 0.5) is 5.82 Å². The Kier molecular flexibility index (Phi) is 5.26. The number of hydrogen-bond donors (Lipinski definition) is 0. The summed E-state index contributed by atoms with van der Waals surface area (Å²) in [5.41, 5.74) is 0. The maximum atomic E-state index is 4.46. The topological polar surface area (TPSA) is 16.1 Å². The van der Waals surface area contributed by atoms with Gasteiger partial charge in [0.25, 0.3) is 0 Å². The van der Waals surface area contributed by atoms with E-state index in [9.17, 15) is 0 Å². The van der Waals surface area contributed by atoms with E-state index < -0.39 is 0 Å². The first-order valence-electron chi connectivity index (χ1n) is 5.85. The van der Waals surface area contributed by atoms with Gasteiger partial charge in [-0.15, -0.1) is 0 Å². The zero-order valence-corrected chi connectivity index (χ0v) is 12.2. The highest BCUT2D eigenvalue weighted by Gasteiger charge is 2.11. The van der Waals surface area contributed by atoms with Crippen LogP contribution in [0.15, 0.2) is 22.8 Å². The van der Waals surface area contributed by atoms with E-state index >= 15 is 0 Å². The fourth-order valence-electron chi connectivity index (χ4n) is 1.70. The molecule has 0 saturated carbocycles. The van der Waals surface area contributed by atoms with Crippen molar-refractivity contribution >= 4 is 21.7 Å². The number of aromatic nitrogens is 1. The van der Waals surface area contributed by atoms with Crippen molar-refractivity contribution in [3.63, 3.8) is 0 Å². The molecule has 0 radical (unpaired) electrons. The average molecular weight is 285 g/mol. The normalized spacial score (nSPS) is 11.2. The quantitative estimate of drug-likeness (QED) is 0.814. The van der Waals surface area contributed by atoms with Crippen molar-refractivity contribution in [3.8, 4) is 0 Å². The molecule has 0 unspecified atom stereocenters. The molecule has 0 aliphatic carbocycles. The Balaban J connectivity index is 2.78. The highest BCUT2D eigenvalue weighted by atomic mass is 79.9. The van der Waals surface area contributed by atoms with Crippen LogP contribution >= 0.6 is 15.9 Å². The van der Waals surface area contributed by atoms with Crippen LogP contribution in [-0.2, 0) is 0 Å². The van der Waals surface area contributed by atoms with Crippen LogP contribution in [0.25, 0.3) is 0 Å². The van der Waals surface area contributed by atoms with E-state index in [1.54, 1.807) is 0 Å². The monoisotopic (exact) mass is 284 g/mol. The lowest BCUT2D eigenvalue weighted by Gasteiger charge is -2.27. The molecule has 90 valence electrons. The highest BCUT2D eigenvalue weighted by Crippen LogP contribution is 2.17. The molecule has 1 rings (SSSR count). The molecule has 3 heteroatoms. The van der Waals surface area contributed by atoms with Gasteiger partial charge in [-0.3, -0.25) is 0 Å². The summed E-state index contributed by atoms with van der Waals surface area (Å²) < 4.78 is 1.03. The van der Waals surface area contributed by atoms with Crippen LogP contribution in [0.2, 0.25) is 0 Å². The fourth-order valence-corrected chi connectivity index (χ4v) is 1.93. The Labute approximate surface area is 107 Å². The van der Waals surface area contributed by atoms with E-state index in [1.807, 2.05) is 6.20 Å². The molecule has 0 aliphatic rings. The second kappa shape index (κ2) is 6.24. The van der Waals surface area contributed by atoms with Crippen molar-refractivity contribution in [2.45, 2.75) is 27.7 Å². The molecule has 1 heterocycles. The molecule has 2 nitrogen and oxygen atoms in total. The minimum Gasteiger partial charge on any atom is -0.356 e. The van der Waals surface area contributed by atoms with Gasteiger partial charge >= 0.3 is 0 Å². The highest BCUT2D eigenvalue weighted by molar-refractivity contribution is 9.10. The van der Waals surface area contributed by atoms with Crippen LogP contribution in [0.1, 0.15) is 27.7 Å².